The van der Waals surface area contributed by atoms with Gasteiger partial charge in [-0.2, -0.15) is 0 Å². The number of nitrogens with one attached hydrogen (secondary N) is 1. The van der Waals surface area contributed by atoms with Crippen molar-refractivity contribution in [2.24, 2.45) is 5.92 Å². The molecule has 2 unspecified atom stereocenters. The van der Waals surface area contributed by atoms with Gasteiger partial charge in [-0.1, -0.05) is 26.0 Å². The van der Waals surface area contributed by atoms with Gasteiger partial charge in [0.1, 0.15) is 0 Å². The van der Waals surface area contributed by atoms with Crippen LogP contribution in [0.3, 0.4) is 0 Å². The number of benzene rings is 1. The van der Waals surface area contributed by atoms with Gasteiger partial charge in [0, 0.05) is 18.6 Å². The fourth-order valence-corrected chi connectivity index (χ4v) is 3.65. The zero-order chi connectivity index (χ0) is 15.6. The molecule has 2 atom stereocenters. The van der Waals surface area contributed by atoms with E-state index in [1.807, 2.05) is 0 Å². The van der Waals surface area contributed by atoms with Gasteiger partial charge in [-0.05, 0) is 75.4 Å². The average molecular weight is 288 g/mol. The molecule has 1 N–H and O–H groups in total. The van der Waals surface area contributed by atoms with Gasteiger partial charge in [-0.3, -0.25) is 4.90 Å². The Labute approximate surface area is 130 Å². The first-order valence-electron chi connectivity index (χ1n) is 8.41. The van der Waals surface area contributed by atoms with E-state index >= 15 is 0 Å². The minimum atomic E-state index is 0.560. The standard InChI is InChI=1S/C19H32N2/c1-13(2)20-12-17-8-7-9-21(6)19(17)18-11-15(4)14(3)10-16(18)5/h10-11,13,17,19-20H,7-9,12H2,1-6H3. The molecule has 0 bridgehead atoms. The lowest BCUT2D eigenvalue weighted by Crippen LogP contribution is -2.42. The summed E-state index contributed by atoms with van der Waals surface area (Å²) >= 11 is 0. The normalized spacial score (nSPS) is 23.8. The van der Waals surface area contributed by atoms with E-state index < -0.39 is 0 Å². The van der Waals surface area contributed by atoms with Crippen molar-refractivity contribution in [1.82, 2.24) is 10.2 Å². The number of aryl methyl sites for hydroxylation is 3. The molecule has 2 heteroatoms. The fraction of sp³-hybridized carbons (Fsp3) is 0.684. The molecule has 1 heterocycles. The number of hydrogen-bond acceptors (Lipinski definition) is 2. The summed E-state index contributed by atoms with van der Waals surface area (Å²) in [6, 6.07) is 5.92. The van der Waals surface area contributed by atoms with Crippen molar-refractivity contribution in [2.75, 3.05) is 20.1 Å². The molecule has 118 valence electrons. The molecule has 0 radical (unpaired) electrons. The molecule has 1 fully saturated rings. The molecule has 0 aromatic heterocycles. The molecular weight excluding hydrogens is 256 g/mol. The van der Waals surface area contributed by atoms with Crippen LogP contribution in [0.4, 0.5) is 0 Å². The van der Waals surface area contributed by atoms with Gasteiger partial charge < -0.3 is 5.32 Å². The molecule has 1 aliphatic heterocycles. The molecule has 0 spiro atoms. The van der Waals surface area contributed by atoms with Crippen molar-refractivity contribution in [3.05, 3.63) is 34.4 Å². The minimum Gasteiger partial charge on any atom is -0.314 e. The second-order valence-electron chi connectivity index (χ2n) is 7.18. The first kappa shape index (κ1) is 16.5. The van der Waals surface area contributed by atoms with E-state index in [-0.39, 0.29) is 0 Å². The predicted molar refractivity (Wildman–Crippen MR) is 91.9 cm³/mol. The molecule has 1 aromatic rings. The van der Waals surface area contributed by atoms with Crippen LogP contribution in [0.15, 0.2) is 12.1 Å². The number of likely N-dealkylation sites (tertiary alicyclic amines) is 1. The fourth-order valence-electron chi connectivity index (χ4n) is 3.65. The molecular formula is C19H32N2. The maximum Gasteiger partial charge on any atom is 0.0388 e. The summed E-state index contributed by atoms with van der Waals surface area (Å²) in [6.07, 6.45) is 2.66. The van der Waals surface area contributed by atoms with Gasteiger partial charge in [0.2, 0.25) is 0 Å². The Bertz CT molecular complexity index is 479. The highest BCUT2D eigenvalue weighted by molar-refractivity contribution is 5.38. The predicted octanol–water partition coefficient (Wildman–Crippen LogP) is 3.99. The van der Waals surface area contributed by atoms with Crippen molar-refractivity contribution in [2.45, 2.75) is 59.5 Å². The van der Waals surface area contributed by atoms with Crippen LogP contribution in [0.25, 0.3) is 0 Å². The second-order valence-corrected chi connectivity index (χ2v) is 7.18. The van der Waals surface area contributed by atoms with Crippen molar-refractivity contribution >= 4 is 0 Å². The highest BCUT2D eigenvalue weighted by atomic mass is 15.1. The van der Waals surface area contributed by atoms with Crippen LogP contribution in [0.2, 0.25) is 0 Å². The van der Waals surface area contributed by atoms with Gasteiger partial charge in [0.15, 0.2) is 0 Å². The monoisotopic (exact) mass is 288 g/mol. The molecule has 1 saturated heterocycles. The van der Waals surface area contributed by atoms with Gasteiger partial charge in [0.25, 0.3) is 0 Å². The van der Waals surface area contributed by atoms with Gasteiger partial charge in [-0.15, -0.1) is 0 Å². The average Bonchev–Trinajstić information content (AvgIpc) is 2.41. The van der Waals surface area contributed by atoms with Gasteiger partial charge in [0.05, 0.1) is 0 Å². The molecule has 1 aliphatic rings. The summed E-state index contributed by atoms with van der Waals surface area (Å²) in [7, 11) is 2.29. The Morgan fingerprint density at radius 3 is 2.48 bits per heavy atom. The third-order valence-corrected chi connectivity index (χ3v) is 5.00. The SMILES string of the molecule is Cc1cc(C)c(C2C(CNC(C)C)CCCN2C)cc1C. The minimum absolute atomic E-state index is 0.560. The van der Waals surface area contributed by atoms with Crippen LogP contribution in [0, 0.1) is 26.7 Å². The molecule has 2 nitrogen and oxygen atoms in total. The summed E-state index contributed by atoms with van der Waals surface area (Å²) in [4.78, 5) is 2.56. The zero-order valence-electron chi connectivity index (χ0n) is 14.7. The summed E-state index contributed by atoms with van der Waals surface area (Å²) < 4.78 is 0. The lowest BCUT2D eigenvalue weighted by molar-refractivity contribution is 0.117. The van der Waals surface area contributed by atoms with Crippen LogP contribution >= 0.6 is 0 Å². The third kappa shape index (κ3) is 3.87. The Hall–Kier alpha value is -0.860. The van der Waals surface area contributed by atoms with Crippen LogP contribution < -0.4 is 5.32 Å². The zero-order valence-corrected chi connectivity index (χ0v) is 14.7. The second kappa shape index (κ2) is 6.93. The lowest BCUT2D eigenvalue weighted by Gasteiger charge is -2.41. The Balaban J connectivity index is 2.29. The molecule has 2 rings (SSSR count). The maximum atomic E-state index is 3.65. The lowest BCUT2D eigenvalue weighted by atomic mass is 9.82. The van der Waals surface area contributed by atoms with Crippen LogP contribution in [0.5, 0.6) is 0 Å². The highest BCUT2D eigenvalue weighted by Crippen LogP contribution is 2.37. The van der Waals surface area contributed by atoms with Crippen LogP contribution in [-0.2, 0) is 0 Å². The molecule has 1 aromatic carbocycles. The van der Waals surface area contributed by atoms with Crippen molar-refractivity contribution < 1.29 is 0 Å². The molecule has 0 amide bonds. The van der Waals surface area contributed by atoms with Crippen molar-refractivity contribution in [3.8, 4) is 0 Å². The number of piperidine rings is 1. The smallest absolute Gasteiger partial charge is 0.0388 e. The summed E-state index contributed by atoms with van der Waals surface area (Å²) in [5.41, 5.74) is 5.82. The number of rotatable bonds is 4. The Kier molecular flexibility index (Phi) is 5.45. The Morgan fingerprint density at radius 2 is 1.81 bits per heavy atom. The Morgan fingerprint density at radius 1 is 1.14 bits per heavy atom. The molecule has 0 aliphatic carbocycles. The van der Waals surface area contributed by atoms with Crippen molar-refractivity contribution in [1.29, 1.82) is 0 Å². The van der Waals surface area contributed by atoms with Crippen molar-refractivity contribution in [3.63, 3.8) is 0 Å². The van der Waals surface area contributed by atoms with E-state index in [2.05, 4.69) is 64.0 Å². The van der Waals surface area contributed by atoms with Gasteiger partial charge >= 0.3 is 0 Å². The van der Waals surface area contributed by atoms with E-state index in [1.165, 1.54) is 41.6 Å². The van der Waals surface area contributed by atoms with E-state index in [0.717, 1.165) is 6.54 Å². The summed E-state index contributed by atoms with van der Waals surface area (Å²) in [6.45, 7) is 13.5. The number of hydrogen-bond donors (Lipinski definition) is 1. The van der Waals surface area contributed by atoms with Crippen LogP contribution in [0.1, 0.15) is 55.0 Å². The molecule has 0 saturated carbocycles. The quantitative estimate of drug-likeness (QED) is 0.901. The maximum absolute atomic E-state index is 3.65. The molecule has 21 heavy (non-hydrogen) atoms. The highest BCUT2D eigenvalue weighted by Gasteiger charge is 2.31. The first-order valence-corrected chi connectivity index (χ1v) is 8.41. The number of nitrogens with zero attached hydrogens (tertiary/aromatic N) is 1. The van der Waals surface area contributed by atoms with E-state index in [0.29, 0.717) is 18.0 Å². The van der Waals surface area contributed by atoms with E-state index in [9.17, 15) is 0 Å². The van der Waals surface area contributed by atoms with E-state index in [4.69, 9.17) is 0 Å². The van der Waals surface area contributed by atoms with E-state index in [1.54, 1.807) is 0 Å². The summed E-state index contributed by atoms with van der Waals surface area (Å²) in [5.74, 6) is 0.715. The largest absolute Gasteiger partial charge is 0.314 e. The summed E-state index contributed by atoms with van der Waals surface area (Å²) in [5, 5.41) is 3.65. The van der Waals surface area contributed by atoms with Crippen LogP contribution in [-0.4, -0.2) is 31.1 Å². The topological polar surface area (TPSA) is 15.3 Å². The third-order valence-electron chi connectivity index (χ3n) is 5.00. The van der Waals surface area contributed by atoms with Gasteiger partial charge in [-0.25, -0.2) is 0 Å². The first-order chi connectivity index (χ1) is 9.90.